The summed E-state index contributed by atoms with van der Waals surface area (Å²) in [4.78, 5) is 1.25. The highest BCUT2D eigenvalue weighted by atomic mass is 32.2. The first-order valence-corrected chi connectivity index (χ1v) is 9.81. The van der Waals surface area contributed by atoms with Gasteiger partial charge in [-0.3, -0.25) is 0 Å². The standard InChI is InChI=1S/C17H18N2O3S2/c1-11-6-7-14(17-12(2)19-22-13(17)3)9-16(11)24(20,21)18-10-15-5-4-8-23-15/h4-9,18H,10H2,1-3H3. The van der Waals surface area contributed by atoms with Crippen molar-refractivity contribution in [2.75, 3.05) is 0 Å². The molecule has 2 aromatic heterocycles. The van der Waals surface area contributed by atoms with Gasteiger partial charge in [-0.15, -0.1) is 11.3 Å². The number of aryl methyl sites for hydroxylation is 3. The number of hydrogen-bond donors (Lipinski definition) is 1. The Balaban J connectivity index is 1.96. The van der Waals surface area contributed by atoms with Crippen molar-refractivity contribution in [2.45, 2.75) is 32.2 Å². The lowest BCUT2D eigenvalue weighted by atomic mass is 10.0. The molecule has 3 rings (SSSR count). The summed E-state index contributed by atoms with van der Waals surface area (Å²) in [5.41, 5.74) is 3.06. The van der Waals surface area contributed by atoms with Gasteiger partial charge in [0, 0.05) is 17.0 Å². The lowest BCUT2D eigenvalue weighted by Crippen LogP contribution is -2.23. The number of benzene rings is 1. The topological polar surface area (TPSA) is 72.2 Å². The smallest absolute Gasteiger partial charge is 0.241 e. The van der Waals surface area contributed by atoms with Crippen molar-refractivity contribution in [1.29, 1.82) is 0 Å². The van der Waals surface area contributed by atoms with Crippen LogP contribution in [0.3, 0.4) is 0 Å². The zero-order valence-corrected chi connectivity index (χ0v) is 15.3. The van der Waals surface area contributed by atoms with Crippen molar-refractivity contribution in [2.24, 2.45) is 0 Å². The monoisotopic (exact) mass is 362 g/mol. The molecule has 0 bridgehead atoms. The highest BCUT2D eigenvalue weighted by molar-refractivity contribution is 7.89. The molecule has 0 amide bonds. The number of sulfonamides is 1. The quantitative estimate of drug-likeness (QED) is 0.749. The zero-order valence-electron chi connectivity index (χ0n) is 13.7. The Morgan fingerprint density at radius 3 is 2.62 bits per heavy atom. The number of hydrogen-bond acceptors (Lipinski definition) is 5. The molecule has 0 aliphatic carbocycles. The van der Waals surface area contributed by atoms with Gasteiger partial charge in [0.2, 0.25) is 10.0 Å². The predicted octanol–water partition coefficient (Wildman–Crippen LogP) is 3.81. The largest absolute Gasteiger partial charge is 0.361 e. The van der Waals surface area contributed by atoms with Gasteiger partial charge in [0.25, 0.3) is 0 Å². The zero-order chi connectivity index (χ0) is 17.3. The van der Waals surface area contributed by atoms with Crippen molar-refractivity contribution in [3.63, 3.8) is 0 Å². The Morgan fingerprint density at radius 2 is 2.00 bits per heavy atom. The van der Waals surface area contributed by atoms with Crippen molar-refractivity contribution < 1.29 is 12.9 Å². The maximum Gasteiger partial charge on any atom is 0.241 e. The molecule has 0 saturated heterocycles. The predicted molar refractivity (Wildman–Crippen MR) is 94.5 cm³/mol. The van der Waals surface area contributed by atoms with Crippen LogP contribution in [-0.4, -0.2) is 13.6 Å². The van der Waals surface area contributed by atoms with E-state index in [1.165, 1.54) is 11.3 Å². The summed E-state index contributed by atoms with van der Waals surface area (Å²) in [5, 5.41) is 5.86. The number of aromatic nitrogens is 1. The molecule has 0 fully saturated rings. The average molecular weight is 362 g/mol. The van der Waals surface area contributed by atoms with Crippen molar-refractivity contribution in [3.8, 4) is 11.1 Å². The minimum atomic E-state index is -3.60. The molecule has 2 heterocycles. The summed E-state index contributed by atoms with van der Waals surface area (Å²) in [6.07, 6.45) is 0. The van der Waals surface area contributed by atoms with Crippen LogP contribution in [0.1, 0.15) is 21.9 Å². The summed E-state index contributed by atoms with van der Waals surface area (Å²) in [6, 6.07) is 9.18. The first kappa shape index (κ1) is 16.9. The van der Waals surface area contributed by atoms with Crippen molar-refractivity contribution in [3.05, 3.63) is 57.6 Å². The Hall–Kier alpha value is -1.96. The van der Waals surface area contributed by atoms with Crippen LogP contribution in [0.5, 0.6) is 0 Å². The summed E-state index contributed by atoms with van der Waals surface area (Å²) < 4.78 is 33.2. The normalized spacial score (nSPS) is 11.8. The van der Waals surface area contributed by atoms with E-state index in [0.29, 0.717) is 11.3 Å². The first-order valence-electron chi connectivity index (χ1n) is 7.44. The van der Waals surface area contributed by atoms with Crippen LogP contribution < -0.4 is 4.72 Å². The minimum absolute atomic E-state index is 0.275. The van der Waals surface area contributed by atoms with Crippen LogP contribution in [0.2, 0.25) is 0 Å². The van der Waals surface area contributed by atoms with Gasteiger partial charge in [-0.25, -0.2) is 13.1 Å². The molecule has 126 valence electrons. The molecular weight excluding hydrogens is 344 g/mol. The van der Waals surface area contributed by atoms with Gasteiger partial charge in [-0.05, 0) is 49.4 Å². The van der Waals surface area contributed by atoms with Crippen LogP contribution in [0.25, 0.3) is 11.1 Å². The van der Waals surface area contributed by atoms with Crippen LogP contribution >= 0.6 is 11.3 Å². The lowest BCUT2D eigenvalue weighted by molar-refractivity contribution is 0.393. The SMILES string of the molecule is Cc1ccc(-c2c(C)noc2C)cc1S(=O)(=O)NCc1cccs1. The number of thiophene rings is 1. The molecule has 0 aliphatic rings. The fourth-order valence-corrected chi connectivity index (χ4v) is 4.61. The lowest BCUT2D eigenvalue weighted by Gasteiger charge is -2.11. The molecule has 5 nitrogen and oxygen atoms in total. The molecular formula is C17H18N2O3S2. The van der Waals surface area contributed by atoms with Crippen LogP contribution in [0.4, 0.5) is 0 Å². The number of nitrogens with zero attached hydrogens (tertiary/aromatic N) is 1. The Labute approximate surface area is 145 Å². The van der Waals surface area contributed by atoms with Gasteiger partial charge >= 0.3 is 0 Å². The van der Waals surface area contributed by atoms with Crippen molar-refractivity contribution in [1.82, 2.24) is 9.88 Å². The third kappa shape index (κ3) is 3.28. The molecule has 1 N–H and O–H groups in total. The third-order valence-electron chi connectivity index (χ3n) is 3.82. The number of rotatable bonds is 5. The molecule has 0 radical (unpaired) electrons. The average Bonchev–Trinajstić information content (AvgIpc) is 3.16. The molecule has 1 aromatic carbocycles. The van der Waals surface area contributed by atoms with E-state index in [-0.39, 0.29) is 11.4 Å². The molecule has 0 unspecified atom stereocenters. The molecule has 24 heavy (non-hydrogen) atoms. The molecule has 0 saturated carbocycles. The van der Waals surface area contributed by atoms with E-state index in [4.69, 9.17) is 4.52 Å². The molecule has 7 heteroatoms. The Bertz CT molecular complexity index is 938. The van der Waals surface area contributed by atoms with E-state index in [0.717, 1.165) is 21.7 Å². The molecule has 3 aromatic rings. The van der Waals surface area contributed by atoms with Gasteiger partial charge in [-0.2, -0.15) is 0 Å². The van der Waals surface area contributed by atoms with Gasteiger partial charge < -0.3 is 4.52 Å². The van der Waals surface area contributed by atoms with E-state index in [9.17, 15) is 8.42 Å². The fourth-order valence-electron chi connectivity index (χ4n) is 2.60. The van der Waals surface area contributed by atoms with E-state index in [2.05, 4.69) is 9.88 Å². The number of nitrogens with one attached hydrogen (secondary N) is 1. The summed E-state index contributed by atoms with van der Waals surface area (Å²) in [5.74, 6) is 0.672. The first-order chi connectivity index (χ1) is 11.4. The molecule has 0 spiro atoms. The van der Waals surface area contributed by atoms with Crippen LogP contribution in [0.15, 0.2) is 45.1 Å². The van der Waals surface area contributed by atoms with E-state index in [1.807, 2.05) is 37.4 Å². The summed E-state index contributed by atoms with van der Waals surface area (Å²) >= 11 is 1.52. The third-order valence-corrected chi connectivity index (χ3v) is 6.24. The second-order valence-corrected chi connectivity index (χ2v) is 8.35. The maximum atomic E-state index is 12.7. The highest BCUT2D eigenvalue weighted by Crippen LogP contribution is 2.30. The molecule has 0 aliphatic heterocycles. The Morgan fingerprint density at radius 1 is 1.21 bits per heavy atom. The summed E-state index contributed by atoms with van der Waals surface area (Å²) in [6.45, 7) is 5.74. The van der Waals surface area contributed by atoms with Gasteiger partial charge in [0.15, 0.2) is 0 Å². The maximum absolute atomic E-state index is 12.7. The van der Waals surface area contributed by atoms with Gasteiger partial charge in [0.1, 0.15) is 5.76 Å². The van der Waals surface area contributed by atoms with Gasteiger partial charge in [-0.1, -0.05) is 23.4 Å². The fraction of sp³-hybridized carbons (Fsp3) is 0.235. The Kier molecular flexibility index (Phi) is 4.58. The highest BCUT2D eigenvalue weighted by Gasteiger charge is 2.20. The van der Waals surface area contributed by atoms with E-state index in [1.54, 1.807) is 19.1 Å². The van der Waals surface area contributed by atoms with E-state index >= 15 is 0 Å². The van der Waals surface area contributed by atoms with Crippen LogP contribution in [0, 0.1) is 20.8 Å². The second-order valence-electron chi connectivity index (χ2n) is 5.58. The summed E-state index contributed by atoms with van der Waals surface area (Å²) in [7, 11) is -3.60. The van der Waals surface area contributed by atoms with E-state index < -0.39 is 10.0 Å². The van der Waals surface area contributed by atoms with Crippen LogP contribution in [-0.2, 0) is 16.6 Å². The van der Waals surface area contributed by atoms with Crippen molar-refractivity contribution >= 4 is 21.4 Å². The van der Waals surface area contributed by atoms with Gasteiger partial charge in [0.05, 0.1) is 10.6 Å². The molecule has 0 atom stereocenters. The second kappa shape index (κ2) is 6.51. The minimum Gasteiger partial charge on any atom is -0.361 e.